The number of halogens is 4. The van der Waals surface area contributed by atoms with Gasteiger partial charge in [-0.2, -0.15) is 0 Å². The highest BCUT2D eigenvalue weighted by Crippen LogP contribution is 2.37. The Morgan fingerprint density at radius 3 is 1.52 bits per heavy atom. The lowest BCUT2D eigenvalue weighted by atomic mass is 9.84. The van der Waals surface area contributed by atoms with Crippen LogP contribution in [0.4, 0.5) is 31.8 Å². The number of piperidine rings is 2. The molecule has 2 fully saturated rings. The molecule has 2 aliphatic heterocycles. The van der Waals surface area contributed by atoms with Crippen molar-refractivity contribution in [2.24, 2.45) is 11.5 Å². The maximum atomic E-state index is 14.5. The molecule has 2 aromatic heterocycles. The number of likely N-dealkylation sites (N-methyl/N-ethyl adjacent to an activating group) is 2. The lowest BCUT2D eigenvalue weighted by molar-refractivity contribution is -0.139. The van der Waals surface area contributed by atoms with Crippen molar-refractivity contribution in [3.05, 3.63) is 106 Å². The maximum absolute atomic E-state index is 14.5. The second kappa shape index (κ2) is 21.4. The largest absolute Gasteiger partial charge is 0.496 e. The highest BCUT2D eigenvalue weighted by molar-refractivity contribution is 6.31. The molecule has 0 spiro atoms. The molecule has 0 bridgehead atoms. The normalized spacial score (nSPS) is 15.4. The van der Waals surface area contributed by atoms with Gasteiger partial charge in [0.05, 0.1) is 46.7 Å². The molecule has 3 amide bonds. The van der Waals surface area contributed by atoms with Gasteiger partial charge >= 0.3 is 0 Å². The van der Waals surface area contributed by atoms with E-state index >= 15 is 0 Å². The van der Waals surface area contributed by atoms with E-state index in [0.717, 1.165) is 24.2 Å². The number of anilines is 4. The number of likely N-dealkylation sites (tertiary alicyclic amines) is 1. The zero-order valence-corrected chi connectivity index (χ0v) is 40.3. The van der Waals surface area contributed by atoms with Crippen molar-refractivity contribution in [1.29, 1.82) is 0 Å². The number of methoxy groups -OCH3 is 2. The number of primary amides is 2. The van der Waals surface area contributed by atoms with Gasteiger partial charge in [-0.1, -0.05) is 35.3 Å². The molecule has 21 heteroatoms. The molecule has 17 nitrogen and oxygen atoms in total. The molecule has 0 saturated carbocycles. The number of carbonyl (C=O) groups excluding carboxylic acids is 3. The van der Waals surface area contributed by atoms with Gasteiger partial charge in [0.1, 0.15) is 46.9 Å². The van der Waals surface area contributed by atoms with E-state index in [2.05, 4.69) is 35.9 Å². The molecular formula is C48H54Cl2F2N12O5. The topological polar surface area (TPSA) is 219 Å². The van der Waals surface area contributed by atoms with Crippen LogP contribution in [0.2, 0.25) is 10.0 Å². The summed E-state index contributed by atoms with van der Waals surface area (Å²) < 4.78 is 40.2. The van der Waals surface area contributed by atoms with Gasteiger partial charge in [0.2, 0.25) is 17.7 Å². The van der Waals surface area contributed by atoms with Crippen LogP contribution in [0, 0.1) is 11.6 Å². The molecular weight excluding hydrogens is 934 g/mol. The van der Waals surface area contributed by atoms with E-state index in [4.69, 9.17) is 44.1 Å². The fourth-order valence-electron chi connectivity index (χ4n) is 9.02. The summed E-state index contributed by atoms with van der Waals surface area (Å²) in [5, 5.41) is 10.6. The van der Waals surface area contributed by atoms with Crippen LogP contribution in [0.3, 0.4) is 0 Å². The fourth-order valence-corrected chi connectivity index (χ4v) is 9.37. The molecule has 2 aliphatic rings. The van der Waals surface area contributed by atoms with E-state index in [1.54, 1.807) is 55.5 Å². The lowest BCUT2D eigenvalue weighted by Crippen LogP contribution is -2.61. The maximum Gasteiger partial charge on any atom is 0.238 e. The van der Waals surface area contributed by atoms with Crippen molar-refractivity contribution in [3.63, 3.8) is 0 Å². The van der Waals surface area contributed by atoms with Crippen LogP contribution in [0.15, 0.2) is 73.3 Å². The van der Waals surface area contributed by atoms with Gasteiger partial charge in [-0.25, -0.2) is 28.7 Å². The molecule has 69 heavy (non-hydrogen) atoms. The zero-order valence-electron chi connectivity index (χ0n) is 38.8. The number of carbonyl (C=O) groups is 3. The van der Waals surface area contributed by atoms with E-state index in [1.165, 1.54) is 31.7 Å². The van der Waals surface area contributed by atoms with Gasteiger partial charge in [-0.3, -0.25) is 24.2 Å². The Labute approximate surface area is 407 Å². The van der Waals surface area contributed by atoms with Crippen LogP contribution in [0.5, 0.6) is 11.5 Å². The number of aromatic nitrogens is 4. The number of hydrogen-bond acceptors (Lipinski definition) is 14. The summed E-state index contributed by atoms with van der Waals surface area (Å²) in [6.07, 6.45) is 4.88. The predicted molar refractivity (Wildman–Crippen MR) is 262 cm³/mol. The first-order valence-electron chi connectivity index (χ1n) is 22.1. The summed E-state index contributed by atoms with van der Waals surface area (Å²) in [7, 11) is 6.86. The van der Waals surface area contributed by atoms with E-state index in [-0.39, 0.29) is 33.2 Å². The molecule has 0 radical (unpaired) electrons. The SMILES string of the molecule is COc1cc2ncnc(Nc3cccc(Cl)c3F)c2cc1CN(C)C1(C(N)=O)CCN(C(C)=O)CC1.COc1cc2ncnc(Nc3cccc(Cl)c3F)c2cc1CN(C)C1(C(N)=O)CCNCC1. The molecule has 2 saturated heterocycles. The van der Waals surface area contributed by atoms with Crippen molar-refractivity contribution >= 4 is 85.7 Å². The number of nitrogens with zero attached hydrogens (tertiary/aromatic N) is 7. The number of hydrogen-bond donors (Lipinski definition) is 5. The molecule has 0 unspecified atom stereocenters. The highest BCUT2D eigenvalue weighted by Gasteiger charge is 2.44. The second-order valence-electron chi connectivity index (χ2n) is 17.0. The van der Waals surface area contributed by atoms with Crippen LogP contribution < -0.4 is 36.9 Å². The first-order valence-corrected chi connectivity index (χ1v) is 22.8. The van der Waals surface area contributed by atoms with Gasteiger partial charge in [-0.15, -0.1) is 0 Å². The molecule has 4 heterocycles. The van der Waals surface area contributed by atoms with Crippen LogP contribution in [0.1, 0.15) is 43.7 Å². The van der Waals surface area contributed by atoms with Gasteiger partial charge < -0.3 is 41.8 Å². The average Bonchev–Trinajstić information content (AvgIpc) is 3.34. The minimum absolute atomic E-state index is 0.00471. The standard InChI is InChI=1S/C25H28ClFN6O3.C23H26ClFN6O2/c1-15(34)33-9-7-25(8-10-33,24(28)35)32(2)13-16-11-17-20(12-21(16)36-3)29-14-30-23(17)31-19-6-4-5-18(26)22(19)27;1-31(23(22(26)32)6-8-27-9-7-23)12-14-10-15-18(11-19(14)33-2)28-13-29-21(15)30-17-5-3-4-16(24)20(17)25/h4-6,11-12,14H,7-10,13H2,1-3H3,(H2,28,35)(H,29,30,31);3-5,10-11,13,27H,6-9,12H2,1-2H3,(H2,26,32)(H,28,29,30). The van der Waals surface area contributed by atoms with E-state index < -0.39 is 28.6 Å². The molecule has 364 valence electrons. The third-order valence-electron chi connectivity index (χ3n) is 13.1. The fraction of sp³-hybridized carbons (Fsp3) is 0.354. The quantitative estimate of drug-likeness (QED) is 0.0769. The van der Waals surface area contributed by atoms with Gasteiger partial charge in [0.15, 0.2) is 11.6 Å². The van der Waals surface area contributed by atoms with E-state index in [1.807, 2.05) is 36.0 Å². The highest BCUT2D eigenvalue weighted by atomic mass is 35.5. The Morgan fingerprint density at radius 2 is 1.13 bits per heavy atom. The average molecular weight is 988 g/mol. The first-order chi connectivity index (χ1) is 33.0. The Balaban J connectivity index is 0.000000205. The van der Waals surface area contributed by atoms with Gasteiger partial charge in [0.25, 0.3) is 0 Å². The number of benzene rings is 4. The number of amides is 3. The molecule has 8 rings (SSSR count). The second-order valence-corrected chi connectivity index (χ2v) is 17.8. The Hall–Kier alpha value is -6.51. The van der Waals surface area contributed by atoms with Crippen LogP contribution >= 0.6 is 23.2 Å². The smallest absolute Gasteiger partial charge is 0.238 e. The number of nitrogens with one attached hydrogen (secondary N) is 3. The summed E-state index contributed by atoms with van der Waals surface area (Å²) in [4.78, 5) is 59.7. The number of rotatable bonds is 14. The van der Waals surface area contributed by atoms with Gasteiger partial charge in [-0.05, 0) is 89.3 Å². The molecule has 7 N–H and O–H groups in total. The number of nitrogens with two attached hydrogens (primary N) is 2. The molecule has 4 aromatic carbocycles. The van der Waals surface area contributed by atoms with Crippen LogP contribution in [-0.2, 0) is 27.5 Å². The Bertz CT molecular complexity index is 2880. The predicted octanol–water partition coefficient (Wildman–Crippen LogP) is 6.69. The summed E-state index contributed by atoms with van der Waals surface area (Å²) in [6.45, 7) is 4.60. The van der Waals surface area contributed by atoms with Crippen LogP contribution in [0.25, 0.3) is 21.8 Å². The molecule has 0 atom stereocenters. The number of ether oxygens (including phenoxy) is 2. The Kier molecular flexibility index (Phi) is 15.6. The monoisotopic (exact) mass is 986 g/mol. The van der Waals surface area contributed by atoms with E-state index in [9.17, 15) is 23.2 Å². The zero-order chi connectivity index (χ0) is 49.6. The van der Waals surface area contributed by atoms with Gasteiger partial charge in [0, 0.05) is 67.1 Å². The minimum Gasteiger partial charge on any atom is -0.496 e. The molecule has 0 aliphatic carbocycles. The summed E-state index contributed by atoms with van der Waals surface area (Å²) in [6, 6.07) is 16.7. The third kappa shape index (κ3) is 10.6. The van der Waals surface area contributed by atoms with Crippen molar-refractivity contribution < 1.29 is 32.6 Å². The summed E-state index contributed by atoms with van der Waals surface area (Å²) in [5.74, 6) is 0.0847. The van der Waals surface area contributed by atoms with Crippen molar-refractivity contribution in [1.82, 2.24) is 40.0 Å². The summed E-state index contributed by atoms with van der Waals surface area (Å²) >= 11 is 11.9. The van der Waals surface area contributed by atoms with Crippen LogP contribution in [-0.4, -0.2) is 118 Å². The number of fused-ring (bicyclic) bond motifs is 2. The van der Waals surface area contributed by atoms with Crippen molar-refractivity contribution in [2.45, 2.75) is 56.8 Å². The Morgan fingerprint density at radius 1 is 0.710 bits per heavy atom. The first kappa shape index (κ1) is 50.4. The minimum atomic E-state index is -0.913. The third-order valence-corrected chi connectivity index (χ3v) is 13.7. The van der Waals surface area contributed by atoms with Crippen molar-refractivity contribution in [3.8, 4) is 11.5 Å². The molecule has 6 aromatic rings. The summed E-state index contributed by atoms with van der Waals surface area (Å²) in [5.41, 5.74) is 13.3. The van der Waals surface area contributed by atoms with E-state index in [0.29, 0.717) is 96.8 Å². The van der Waals surface area contributed by atoms with Crippen molar-refractivity contribution in [2.75, 3.05) is 65.1 Å². The lowest BCUT2D eigenvalue weighted by Gasteiger charge is -2.45.